The van der Waals surface area contributed by atoms with Gasteiger partial charge in [0.1, 0.15) is 0 Å². The van der Waals surface area contributed by atoms with Crippen molar-refractivity contribution in [3.8, 4) is 0 Å². The van der Waals surface area contributed by atoms with Crippen molar-refractivity contribution in [1.82, 2.24) is 4.98 Å². The molecule has 0 spiro atoms. The molecule has 1 aliphatic carbocycles. The van der Waals surface area contributed by atoms with E-state index < -0.39 is 12.0 Å². The number of pyridine rings is 1. The van der Waals surface area contributed by atoms with E-state index in [-0.39, 0.29) is 18.8 Å². The van der Waals surface area contributed by atoms with Crippen LogP contribution in [0.5, 0.6) is 0 Å². The van der Waals surface area contributed by atoms with Gasteiger partial charge in [0.2, 0.25) is 5.92 Å². The lowest BCUT2D eigenvalue weighted by Gasteiger charge is -2.31. The smallest absolute Gasteiger partial charge is 0.248 e. The van der Waals surface area contributed by atoms with Gasteiger partial charge < -0.3 is 5.11 Å². The quantitative estimate of drug-likeness (QED) is 0.882. The van der Waals surface area contributed by atoms with Gasteiger partial charge in [-0.1, -0.05) is 6.07 Å². The van der Waals surface area contributed by atoms with E-state index >= 15 is 0 Å². The van der Waals surface area contributed by atoms with E-state index in [0.29, 0.717) is 19.3 Å². The Labute approximate surface area is 99.7 Å². The van der Waals surface area contributed by atoms with Crippen LogP contribution in [0.4, 0.5) is 8.78 Å². The van der Waals surface area contributed by atoms with Crippen molar-refractivity contribution in [3.05, 3.63) is 30.1 Å². The topological polar surface area (TPSA) is 33.1 Å². The number of hydrogen-bond acceptors (Lipinski definition) is 2. The number of halogens is 2. The number of hydrogen-bond donors (Lipinski definition) is 1. The molecule has 1 unspecified atom stereocenters. The van der Waals surface area contributed by atoms with Crippen LogP contribution < -0.4 is 0 Å². The monoisotopic (exact) mass is 241 g/mol. The summed E-state index contributed by atoms with van der Waals surface area (Å²) in [7, 11) is 0. The lowest BCUT2D eigenvalue weighted by atomic mass is 9.82. The Kier molecular flexibility index (Phi) is 3.72. The fourth-order valence-corrected chi connectivity index (χ4v) is 2.35. The SMILES string of the molecule is OC(Cc1ccccn1)C1CCC(F)(F)CC1. The first kappa shape index (κ1) is 12.4. The third kappa shape index (κ3) is 3.46. The van der Waals surface area contributed by atoms with Gasteiger partial charge in [-0.05, 0) is 30.9 Å². The minimum absolute atomic E-state index is 0.0170. The largest absolute Gasteiger partial charge is 0.392 e. The summed E-state index contributed by atoms with van der Waals surface area (Å²) in [5.74, 6) is -2.54. The molecule has 2 rings (SSSR count). The summed E-state index contributed by atoms with van der Waals surface area (Å²) in [5.41, 5.74) is 0.817. The van der Waals surface area contributed by atoms with Gasteiger partial charge in [-0.25, -0.2) is 8.78 Å². The van der Waals surface area contributed by atoms with Crippen molar-refractivity contribution in [2.45, 2.75) is 44.1 Å². The summed E-state index contributed by atoms with van der Waals surface area (Å²) in [5, 5.41) is 10.0. The third-order valence-electron chi connectivity index (χ3n) is 3.45. The Balaban J connectivity index is 1.87. The maximum atomic E-state index is 13.0. The van der Waals surface area contributed by atoms with Crippen LogP contribution in [-0.2, 0) is 6.42 Å². The summed E-state index contributed by atoms with van der Waals surface area (Å²) in [6, 6.07) is 5.53. The Morgan fingerprint density at radius 2 is 2.06 bits per heavy atom. The maximum absolute atomic E-state index is 13.0. The van der Waals surface area contributed by atoms with Gasteiger partial charge >= 0.3 is 0 Å². The van der Waals surface area contributed by atoms with Gasteiger partial charge in [0.15, 0.2) is 0 Å². The van der Waals surface area contributed by atoms with Crippen LogP contribution in [0.3, 0.4) is 0 Å². The third-order valence-corrected chi connectivity index (χ3v) is 3.45. The molecule has 0 radical (unpaired) electrons. The molecular formula is C13H17F2NO. The first-order chi connectivity index (χ1) is 8.07. The van der Waals surface area contributed by atoms with Gasteiger partial charge in [-0.3, -0.25) is 4.98 Å². The Morgan fingerprint density at radius 1 is 1.35 bits per heavy atom. The van der Waals surface area contributed by atoms with Crippen molar-refractivity contribution in [2.75, 3.05) is 0 Å². The van der Waals surface area contributed by atoms with Crippen LogP contribution in [0.15, 0.2) is 24.4 Å². The van der Waals surface area contributed by atoms with Crippen LogP contribution >= 0.6 is 0 Å². The van der Waals surface area contributed by atoms with Crippen LogP contribution in [0.1, 0.15) is 31.4 Å². The molecule has 0 bridgehead atoms. The number of aliphatic hydroxyl groups excluding tert-OH is 1. The molecule has 17 heavy (non-hydrogen) atoms. The predicted molar refractivity (Wildman–Crippen MR) is 60.9 cm³/mol. The summed E-state index contributed by atoms with van der Waals surface area (Å²) >= 11 is 0. The standard InChI is InChI=1S/C13H17F2NO/c14-13(15)6-4-10(5-7-13)12(17)9-11-3-1-2-8-16-11/h1-3,8,10,12,17H,4-7,9H2. The molecule has 4 heteroatoms. The van der Waals surface area contributed by atoms with Gasteiger partial charge in [-0.15, -0.1) is 0 Å². The summed E-state index contributed by atoms with van der Waals surface area (Å²) in [6.45, 7) is 0. The van der Waals surface area contributed by atoms with Crippen molar-refractivity contribution in [1.29, 1.82) is 0 Å². The molecule has 1 N–H and O–H groups in total. The zero-order chi connectivity index (χ0) is 12.3. The lowest BCUT2D eigenvalue weighted by Crippen LogP contribution is -2.32. The number of rotatable bonds is 3. The molecule has 0 saturated heterocycles. The molecular weight excluding hydrogens is 224 g/mol. The molecule has 1 saturated carbocycles. The normalized spacial score (nSPS) is 22.3. The zero-order valence-corrected chi connectivity index (χ0v) is 9.65. The molecule has 0 aromatic carbocycles. The number of aliphatic hydroxyl groups is 1. The van der Waals surface area contributed by atoms with Crippen LogP contribution in [-0.4, -0.2) is 22.1 Å². The highest BCUT2D eigenvalue weighted by Crippen LogP contribution is 2.37. The van der Waals surface area contributed by atoms with E-state index in [2.05, 4.69) is 4.98 Å². The fourth-order valence-electron chi connectivity index (χ4n) is 2.35. The van der Waals surface area contributed by atoms with E-state index in [0.717, 1.165) is 5.69 Å². The molecule has 1 heterocycles. The average molecular weight is 241 g/mol. The minimum atomic E-state index is -2.53. The summed E-state index contributed by atoms with van der Waals surface area (Å²) in [6.07, 6.45) is 2.19. The zero-order valence-electron chi connectivity index (χ0n) is 9.65. The number of nitrogens with zero attached hydrogens (tertiary/aromatic N) is 1. The Morgan fingerprint density at radius 3 is 2.65 bits per heavy atom. The molecule has 2 nitrogen and oxygen atoms in total. The second-order valence-electron chi connectivity index (χ2n) is 4.79. The average Bonchev–Trinajstić information content (AvgIpc) is 2.30. The molecule has 1 fully saturated rings. The van der Waals surface area contributed by atoms with Gasteiger partial charge in [0.05, 0.1) is 6.10 Å². The fraction of sp³-hybridized carbons (Fsp3) is 0.615. The molecule has 1 aliphatic rings. The lowest BCUT2D eigenvalue weighted by molar-refractivity contribution is -0.0620. The van der Waals surface area contributed by atoms with E-state index in [9.17, 15) is 13.9 Å². The summed E-state index contributed by atoms with van der Waals surface area (Å²) in [4.78, 5) is 4.13. The predicted octanol–water partition coefficient (Wildman–Crippen LogP) is 2.81. The minimum Gasteiger partial charge on any atom is -0.392 e. The van der Waals surface area contributed by atoms with Gasteiger partial charge in [0, 0.05) is 31.2 Å². The number of alkyl halides is 2. The van der Waals surface area contributed by atoms with Crippen molar-refractivity contribution < 1.29 is 13.9 Å². The van der Waals surface area contributed by atoms with Crippen molar-refractivity contribution in [2.24, 2.45) is 5.92 Å². The molecule has 1 aromatic rings. The van der Waals surface area contributed by atoms with Crippen LogP contribution in [0, 0.1) is 5.92 Å². The van der Waals surface area contributed by atoms with Crippen molar-refractivity contribution in [3.63, 3.8) is 0 Å². The summed E-state index contributed by atoms with van der Waals surface area (Å²) < 4.78 is 25.9. The Bertz CT molecular complexity index is 346. The van der Waals surface area contributed by atoms with E-state index in [1.165, 1.54) is 0 Å². The molecule has 0 aliphatic heterocycles. The molecule has 0 amide bonds. The molecule has 1 atom stereocenters. The van der Waals surface area contributed by atoms with Gasteiger partial charge in [-0.2, -0.15) is 0 Å². The highest BCUT2D eigenvalue weighted by molar-refractivity contribution is 5.05. The van der Waals surface area contributed by atoms with Crippen molar-refractivity contribution >= 4 is 0 Å². The van der Waals surface area contributed by atoms with E-state index in [1.807, 2.05) is 18.2 Å². The number of aromatic nitrogens is 1. The molecule has 94 valence electrons. The maximum Gasteiger partial charge on any atom is 0.248 e. The highest BCUT2D eigenvalue weighted by Gasteiger charge is 2.37. The van der Waals surface area contributed by atoms with E-state index in [1.54, 1.807) is 6.20 Å². The van der Waals surface area contributed by atoms with Crippen LogP contribution in [0.25, 0.3) is 0 Å². The first-order valence-corrected chi connectivity index (χ1v) is 6.03. The second-order valence-corrected chi connectivity index (χ2v) is 4.79. The molecule has 1 aromatic heterocycles. The second kappa shape index (κ2) is 5.08. The van der Waals surface area contributed by atoms with Crippen LogP contribution in [0.2, 0.25) is 0 Å². The Hall–Kier alpha value is -1.03. The van der Waals surface area contributed by atoms with E-state index in [4.69, 9.17) is 0 Å². The van der Waals surface area contributed by atoms with Gasteiger partial charge in [0.25, 0.3) is 0 Å². The first-order valence-electron chi connectivity index (χ1n) is 6.03. The highest BCUT2D eigenvalue weighted by atomic mass is 19.3.